The molecule has 0 bridgehead atoms. The van der Waals surface area contributed by atoms with Gasteiger partial charge in [-0.15, -0.1) is 0 Å². The number of hydrogen-bond acceptors (Lipinski definition) is 2. The smallest absolute Gasteiger partial charge is 0.397 e. The third-order valence-corrected chi connectivity index (χ3v) is 2.34. The van der Waals surface area contributed by atoms with Crippen LogP contribution in [0.5, 0.6) is 0 Å². The van der Waals surface area contributed by atoms with Gasteiger partial charge in [0.15, 0.2) is 0 Å². The van der Waals surface area contributed by atoms with E-state index in [2.05, 4.69) is 4.98 Å². The zero-order valence-electron chi connectivity index (χ0n) is 9.24. The Morgan fingerprint density at radius 2 is 2.24 bits per heavy atom. The SMILES string of the molecule is CCCn1cncc1C(CC(=O)O)C(F)(F)F. The molecule has 0 radical (unpaired) electrons. The van der Waals surface area contributed by atoms with Crippen LogP contribution in [-0.2, 0) is 11.3 Å². The fourth-order valence-corrected chi connectivity index (χ4v) is 1.61. The average Bonchev–Trinajstić information content (AvgIpc) is 2.61. The number of nitrogens with zero attached hydrogens (tertiary/aromatic N) is 2. The van der Waals surface area contributed by atoms with E-state index in [-0.39, 0.29) is 5.69 Å². The molecule has 1 N–H and O–H groups in total. The number of carboxylic acid groups (broad SMARTS) is 1. The van der Waals surface area contributed by atoms with E-state index in [9.17, 15) is 18.0 Å². The lowest BCUT2D eigenvalue weighted by atomic mass is 10.0. The summed E-state index contributed by atoms with van der Waals surface area (Å²) < 4.78 is 39.6. The fraction of sp³-hybridized carbons (Fsp3) is 0.600. The number of alkyl halides is 3. The molecule has 0 amide bonds. The molecular weight excluding hydrogens is 237 g/mol. The number of aryl methyl sites for hydroxylation is 1. The average molecular weight is 250 g/mol. The number of hydrogen-bond donors (Lipinski definition) is 1. The molecule has 0 spiro atoms. The van der Waals surface area contributed by atoms with Crippen LogP contribution in [0.25, 0.3) is 0 Å². The molecule has 0 aliphatic heterocycles. The van der Waals surface area contributed by atoms with Crippen LogP contribution in [0.4, 0.5) is 13.2 Å². The predicted molar refractivity (Wildman–Crippen MR) is 53.6 cm³/mol. The third-order valence-electron chi connectivity index (χ3n) is 2.34. The minimum absolute atomic E-state index is 0.0956. The molecule has 0 aliphatic rings. The highest BCUT2D eigenvalue weighted by Crippen LogP contribution is 2.37. The lowest BCUT2D eigenvalue weighted by molar-refractivity contribution is -0.164. The summed E-state index contributed by atoms with van der Waals surface area (Å²) in [7, 11) is 0. The summed E-state index contributed by atoms with van der Waals surface area (Å²) in [6.07, 6.45) is -2.53. The van der Waals surface area contributed by atoms with Crippen LogP contribution >= 0.6 is 0 Å². The largest absolute Gasteiger partial charge is 0.481 e. The van der Waals surface area contributed by atoms with Crippen molar-refractivity contribution in [2.75, 3.05) is 0 Å². The number of aliphatic carboxylic acids is 1. The highest BCUT2D eigenvalue weighted by atomic mass is 19.4. The second-order valence-corrected chi connectivity index (χ2v) is 3.70. The van der Waals surface area contributed by atoms with Gasteiger partial charge in [0.2, 0.25) is 0 Å². The molecule has 1 aromatic heterocycles. The van der Waals surface area contributed by atoms with Crippen LogP contribution in [0.3, 0.4) is 0 Å². The number of carboxylic acids is 1. The summed E-state index contributed by atoms with van der Waals surface area (Å²) in [4.78, 5) is 14.1. The second-order valence-electron chi connectivity index (χ2n) is 3.70. The molecular formula is C10H13F3N2O2. The molecule has 1 rings (SSSR count). The maximum atomic E-state index is 12.8. The van der Waals surface area contributed by atoms with Gasteiger partial charge in [-0.05, 0) is 6.42 Å². The lowest BCUT2D eigenvalue weighted by Crippen LogP contribution is -2.26. The zero-order chi connectivity index (χ0) is 13.1. The summed E-state index contributed by atoms with van der Waals surface area (Å²) in [6, 6.07) is 0. The highest BCUT2D eigenvalue weighted by Gasteiger charge is 2.43. The molecule has 0 saturated heterocycles. The van der Waals surface area contributed by atoms with Crippen LogP contribution in [0.1, 0.15) is 31.4 Å². The molecule has 4 nitrogen and oxygen atoms in total. The first-order valence-corrected chi connectivity index (χ1v) is 5.14. The van der Waals surface area contributed by atoms with E-state index in [1.54, 1.807) is 0 Å². The third kappa shape index (κ3) is 3.47. The second kappa shape index (κ2) is 5.20. The zero-order valence-corrected chi connectivity index (χ0v) is 9.24. The normalized spacial score (nSPS) is 13.6. The molecule has 0 saturated carbocycles. The monoisotopic (exact) mass is 250 g/mol. The lowest BCUT2D eigenvalue weighted by Gasteiger charge is -2.19. The van der Waals surface area contributed by atoms with Gasteiger partial charge >= 0.3 is 12.1 Å². The van der Waals surface area contributed by atoms with E-state index >= 15 is 0 Å². The number of aromatic nitrogens is 2. The van der Waals surface area contributed by atoms with Gasteiger partial charge in [-0.1, -0.05) is 6.92 Å². The molecule has 7 heteroatoms. The van der Waals surface area contributed by atoms with Crippen LogP contribution in [0.15, 0.2) is 12.5 Å². The summed E-state index contributed by atoms with van der Waals surface area (Å²) in [5.41, 5.74) is -0.0956. The van der Waals surface area contributed by atoms with E-state index < -0.39 is 24.5 Å². The van der Waals surface area contributed by atoms with Crippen LogP contribution < -0.4 is 0 Å². The molecule has 0 aliphatic carbocycles. The number of carbonyl (C=O) groups is 1. The summed E-state index contributed by atoms with van der Waals surface area (Å²) in [6.45, 7) is 2.21. The Balaban J connectivity index is 3.04. The minimum atomic E-state index is -4.58. The van der Waals surface area contributed by atoms with Gasteiger partial charge in [0.1, 0.15) is 5.92 Å². The van der Waals surface area contributed by atoms with E-state index in [0.29, 0.717) is 13.0 Å². The summed E-state index contributed by atoms with van der Waals surface area (Å²) in [5.74, 6) is -3.48. The van der Waals surface area contributed by atoms with Gasteiger partial charge in [-0.25, -0.2) is 4.98 Å². The fourth-order valence-electron chi connectivity index (χ4n) is 1.61. The first kappa shape index (κ1) is 13.5. The maximum Gasteiger partial charge on any atom is 0.397 e. The van der Waals surface area contributed by atoms with Gasteiger partial charge in [-0.2, -0.15) is 13.2 Å². The minimum Gasteiger partial charge on any atom is -0.481 e. The molecule has 17 heavy (non-hydrogen) atoms. The quantitative estimate of drug-likeness (QED) is 0.873. The molecule has 0 aromatic carbocycles. The van der Waals surface area contributed by atoms with Crippen molar-refractivity contribution in [2.45, 2.75) is 38.4 Å². The Hall–Kier alpha value is -1.53. The van der Waals surface area contributed by atoms with E-state index in [1.807, 2.05) is 6.92 Å². The number of imidazole rings is 1. The number of halogens is 3. The van der Waals surface area contributed by atoms with Crippen molar-refractivity contribution >= 4 is 5.97 Å². The van der Waals surface area contributed by atoms with Gasteiger partial charge in [0.05, 0.1) is 12.7 Å². The maximum absolute atomic E-state index is 12.8. The highest BCUT2D eigenvalue weighted by molar-refractivity contribution is 5.68. The molecule has 1 aromatic rings. The van der Waals surface area contributed by atoms with Crippen LogP contribution in [0.2, 0.25) is 0 Å². The summed E-state index contributed by atoms with van der Waals surface area (Å²) in [5, 5.41) is 8.54. The van der Waals surface area contributed by atoms with Crippen LogP contribution in [0, 0.1) is 0 Å². The molecule has 1 atom stereocenters. The van der Waals surface area contributed by atoms with E-state index in [4.69, 9.17) is 5.11 Å². The first-order chi connectivity index (χ1) is 7.86. The van der Waals surface area contributed by atoms with Gasteiger partial charge in [0.25, 0.3) is 0 Å². The summed E-state index contributed by atoms with van der Waals surface area (Å²) >= 11 is 0. The van der Waals surface area contributed by atoms with E-state index in [0.717, 1.165) is 6.20 Å². The van der Waals surface area contributed by atoms with Crippen molar-refractivity contribution < 1.29 is 23.1 Å². The van der Waals surface area contributed by atoms with Crippen LogP contribution in [-0.4, -0.2) is 26.8 Å². The molecule has 1 unspecified atom stereocenters. The Morgan fingerprint density at radius 1 is 1.59 bits per heavy atom. The van der Waals surface area contributed by atoms with Crippen molar-refractivity contribution in [1.82, 2.24) is 9.55 Å². The standard InChI is InChI=1S/C10H13F3N2O2/c1-2-3-15-6-14-5-8(15)7(4-9(16)17)10(11,12)13/h5-7H,2-4H2,1H3,(H,16,17). The van der Waals surface area contributed by atoms with Gasteiger partial charge < -0.3 is 9.67 Å². The van der Waals surface area contributed by atoms with Crippen molar-refractivity contribution in [3.05, 3.63) is 18.2 Å². The van der Waals surface area contributed by atoms with E-state index in [1.165, 1.54) is 10.9 Å². The Kier molecular flexibility index (Phi) is 4.14. The number of rotatable bonds is 5. The van der Waals surface area contributed by atoms with Gasteiger partial charge in [0, 0.05) is 18.4 Å². The Bertz CT molecular complexity index is 387. The van der Waals surface area contributed by atoms with Crippen molar-refractivity contribution in [1.29, 1.82) is 0 Å². The predicted octanol–water partition coefficient (Wildman–Crippen LogP) is 2.41. The Labute approximate surface area is 96.1 Å². The van der Waals surface area contributed by atoms with Gasteiger partial charge in [-0.3, -0.25) is 4.79 Å². The molecule has 96 valence electrons. The molecule has 1 heterocycles. The molecule has 0 fully saturated rings. The first-order valence-electron chi connectivity index (χ1n) is 5.14. The Morgan fingerprint density at radius 3 is 2.71 bits per heavy atom. The van der Waals surface area contributed by atoms with Crippen molar-refractivity contribution in [3.63, 3.8) is 0 Å². The van der Waals surface area contributed by atoms with Crippen molar-refractivity contribution in [3.8, 4) is 0 Å². The topological polar surface area (TPSA) is 55.1 Å². The van der Waals surface area contributed by atoms with Crippen molar-refractivity contribution in [2.24, 2.45) is 0 Å².